The maximum absolute atomic E-state index is 12.5. The molecule has 0 aromatic heterocycles. The Morgan fingerprint density at radius 2 is 1.76 bits per heavy atom. The molecule has 6 nitrogen and oxygen atoms in total. The maximum Gasteiger partial charge on any atom is 0.416 e. The minimum Gasteiger partial charge on any atom is -0.508 e. The molecular formula is C20H22F3N3O3. The van der Waals surface area contributed by atoms with Crippen molar-refractivity contribution >= 4 is 11.7 Å². The summed E-state index contributed by atoms with van der Waals surface area (Å²) in [5, 5.41) is 12.3. The van der Waals surface area contributed by atoms with Gasteiger partial charge in [-0.2, -0.15) is 13.2 Å². The number of nitrogens with one attached hydrogen (secondary N) is 1. The van der Waals surface area contributed by atoms with Crippen LogP contribution in [-0.4, -0.2) is 55.4 Å². The Bertz CT molecular complexity index is 820. The van der Waals surface area contributed by atoms with Gasteiger partial charge in [-0.15, -0.1) is 0 Å². The lowest BCUT2D eigenvalue weighted by Gasteiger charge is -2.36. The molecule has 1 saturated heterocycles. The average Bonchev–Trinajstić information content (AvgIpc) is 2.71. The molecule has 0 unspecified atom stereocenters. The van der Waals surface area contributed by atoms with Crippen LogP contribution in [0.4, 0.5) is 23.7 Å². The van der Waals surface area contributed by atoms with Crippen molar-refractivity contribution in [2.24, 2.45) is 0 Å². The Morgan fingerprint density at radius 3 is 2.38 bits per heavy atom. The summed E-state index contributed by atoms with van der Waals surface area (Å²) in [6.45, 7) is 2.79. The van der Waals surface area contributed by atoms with E-state index >= 15 is 0 Å². The van der Waals surface area contributed by atoms with E-state index in [-0.39, 0.29) is 24.9 Å². The lowest BCUT2D eigenvalue weighted by atomic mass is 10.2. The number of carbonyl (C=O) groups excluding carboxylic acids is 1. The van der Waals surface area contributed by atoms with Gasteiger partial charge < -0.3 is 25.0 Å². The number of urea groups is 1. The van der Waals surface area contributed by atoms with Crippen LogP contribution in [0.2, 0.25) is 0 Å². The van der Waals surface area contributed by atoms with Crippen LogP contribution in [0.25, 0.3) is 0 Å². The topological polar surface area (TPSA) is 65.0 Å². The van der Waals surface area contributed by atoms with Gasteiger partial charge in [-0.3, -0.25) is 0 Å². The molecule has 0 aliphatic carbocycles. The van der Waals surface area contributed by atoms with E-state index in [0.29, 0.717) is 31.9 Å². The molecule has 0 atom stereocenters. The van der Waals surface area contributed by atoms with Crippen LogP contribution in [0.3, 0.4) is 0 Å². The minimum atomic E-state index is -4.38. The van der Waals surface area contributed by atoms with E-state index < -0.39 is 11.7 Å². The Hall–Kier alpha value is -3.10. The predicted octanol–water partition coefficient (Wildman–Crippen LogP) is 3.32. The number of ether oxygens (including phenoxy) is 1. The number of rotatable bonds is 5. The first-order chi connectivity index (χ1) is 13.8. The molecule has 156 valence electrons. The number of phenolic OH excluding ortho intramolecular Hbond substituents is 1. The van der Waals surface area contributed by atoms with E-state index in [2.05, 4.69) is 10.2 Å². The van der Waals surface area contributed by atoms with Gasteiger partial charge >= 0.3 is 12.2 Å². The monoisotopic (exact) mass is 409 g/mol. The molecule has 0 saturated carbocycles. The normalized spacial score (nSPS) is 14.6. The standard InChI is InChI=1S/C20H22F3N3O3/c21-20(22,23)15-4-6-18(7-5-15)29-13-8-24-19(28)26-11-9-25(10-12-26)16-2-1-3-17(27)14-16/h1-7,14,27H,8-13H2,(H,24,28). The van der Waals surface area contributed by atoms with Crippen LogP contribution in [0, 0.1) is 0 Å². The van der Waals surface area contributed by atoms with Crippen LogP contribution in [0.15, 0.2) is 48.5 Å². The third-order valence-electron chi connectivity index (χ3n) is 4.59. The molecule has 2 N–H and O–H groups in total. The van der Waals surface area contributed by atoms with E-state index in [4.69, 9.17) is 4.74 Å². The number of hydrogen-bond acceptors (Lipinski definition) is 4. The zero-order chi connectivity index (χ0) is 20.9. The molecule has 9 heteroatoms. The zero-order valence-corrected chi connectivity index (χ0v) is 15.7. The van der Waals surface area contributed by atoms with E-state index in [1.54, 1.807) is 23.1 Å². The first kappa shape index (κ1) is 20.6. The molecule has 1 aliphatic heterocycles. The van der Waals surface area contributed by atoms with E-state index in [1.165, 1.54) is 12.1 Å². The summed E-state index contributed by atoms with van der Waals surface area (Å²) in [6, 6.07) is 11.2. The summed E-state index contributed by atoms with van der Waals surface area (Å²) >= 11 is 0. The van der Waals surface area contributed by atoms with Crippen LogP contribution in [0.1, 0.15) is 5.56 Å². The molecule has 0 spiro atoms. The van der Waals surface area contributed by atoms with Crippen LogP contribution in [0.5, 0.6) is 11.5 Å². The number of alkyl halides is 3. The van der Waals surface area contributed by atoms with Gasteiger partial charge in [-0.1, -0.05) is 6.07 Å². The second-order valence-corrected chi connectivity index (χ2v) is 6.60. The summed E-state index contributed by atoms with van der Waals surface area (Å²) < 4.78 is 42.9. The summed E-state index contributed by atoms with van der Waals surface area (Å²) in [7, 11) is 0. The van der Waals surface area contributed by atoms with Gasteiger partial charge in [0, 0.05) is 37.9 Å². The smallest absolute Gasteiger partial charge is 0.416 e. The highest BCUT2D eigenvalue weighted by Gasteiger charge is 2.30. The van der Waals surface area contributed by atoms with Crippen molar-refractivity contribution in [2.75, 3.05) is 44.2 Å². The molecule has 1 fully saturated rings. The van der Waals surface area contributed by atoms with E-state index in [0.717, 1.165) is 17.8 Å². The number of amides is 2. The van der Waals surface area contributed by atoms with Crippen LogP contribution in [-0.2, 0) is 6.18 Å². The number of piperazine rings is 1. The Labute approximate surface area is 166 Å². The molecule has 1 aliphatic rings. The molecular weight excluding hydrogens is 387 g/mol. The number of benzene rings is 2. The zero-order valence-electron chi connectivity index (χ0n) is 15.7. The SMILES string of the molecule is O=C(NCCOc1ccc(C(F)(F)F)cc1)N1CCN(c2cccc(O)c2)CC1. The molecule has 2 aromatic rings. The fourth-order valence-electron chi connectivity index (χ4n) is 3.04. The van der Waals surface area contributed by atoms with Crippen molar-refractivity contribution in [3.63, 3.8) is 0 Å². The highest BCUT2D eigenvalue weighted by atomic mass is 19.4. The van der Waals surface area contributed by atoms with Gasteiger partial charge in [-0.05, 0) is 36.4 Å². The van der Waals surface area contributed by atoms with Gasteiger partial charge in [0.15, 0.2) is 0 Å². The van der Waals surface area contributed by atoms with Gasteiger partial charge in [0.1, 0.15) is 18.1 Å². The average molecular weight is 409 g/mol. The molecule has 29 heavy (non-hydrogen) atoms. The number of anilines is 1. The van der Waals surface area contributed by atoms with E-state index in [9.17, 15) is 23.1 Å². The Kier molecular flexibility index (Phi) is 6.36. The summed E-state index contributed by atoms with van der Waals surface area (Å²) in [4.78, 5) is 16.0. The third-order valence-corrected chi connectivity index (χ3v) is 4.59. The fraction of sp³-hybridized carbons (Fsp3) is 0.350. The molecule has 3 rings (SSSR count). The summed E-state index contributed by atoms with van der Waals surface area (Å²) in [5.41, 5.74) is 0.179. The Balaban J connectivity index is 1.37. The van der Waals surface area contributed by atoms with Gasteiger partial charge in [0.2, 0.25) is 0 Å². The molecule has 0 radical (unpaired) electrons. The fourth-order valence-corrected chi connectivity index (χ4v) is 3.04. The predicted molar refractivity (Wildman–Crippen MR) is 102 cm³/mol. The van der Waals surface area contributed by atoms with Crippen LogP contribution >= 0.6 is 0 Å². The maximum atomic E-state index is 12.5. The lowest BCUT2D eigenvalue weighted by Crippen LogP contribution is -2.52. The van der Waals surface area contributed by atoms with Crippen molar-refractivity contribution in [3.8, 4) is 11.5 Å². The summed E-state index contributed by atoms with van der Waals surface area (Å²) in [6.07, 6.45) is -4.38. The van der Waals surface area contributed by atoms with Gasteiger partial charge in [0.05, 0.1) is 12.1 Å². The summed E-state index contributed by atoms with van der Waals surface area (Å²) in [5.74, 6) is 0.516. The highest BCUT2D eigenvalue weighted by molar-refractivity contribution is 5.74. The molecule has 1 heterocycles. The Morgan fingerprint density at radius 1 is 1.07 bits per heavy atom. The lowest BCUT2D eigenvalue weighted by molar-refractivity contribution is -0.137. The molecule has 0 bridgehead atoms. The largest absolute Gasteiger partial charge is 0.508 e. The second kappa shape index (κ2) is 8.93. The molecule has 2 amide bonds. The van der Waals surface area contributed by atoms with Crippen molar-refractivity contribution in [1.82, 2.24) is 10.2 Å². The second-order valence-electron chi connectivity index (χ2n) is 6.60. The molecule has 2 aromatic carbocycles. The number of hydrogen-bond donors (Lipinski definition) is 2. The first-order valence-corrected chi connectivity index (χ1v) is 9.20. The first-order valence-electron chi connectivity index (χ1n) is 9.20. The van der Waals surface area contributed by atoms with E-state index in [1.807, 2.05) is 6.07 Å². The van der Waals surface area contributed by atoms with Crippen LogP contribution < -0.4 is 15.0 Å². The van der Waals surface area contributed by atoms with Crippen molar-refractivity contribution in [2.45, 2.75) is 6.18 Å². The third kappa shape index (κ3) is 5.69. The number of halogens is 3. The quantitative estimate of drug-likeness (QED) is 0.744. The van der Waals surface area contributed by atoms with Crippen molar-refractivity contribution in [3.05, 3.63) is 54.1 Å². The highest BCUT2D eigenvalue weighted by Crippen LogP contribution is 2.30. The number of nitrogens with zero attached hydrogens (tertiary/aromatic N) is 2. The van der Waals surface area contributed by atoms with Crippen molar-refractivity contribution < 1.29 is 27.8 Å². The van der Waals surface area contributed by atoms with Gasteiger partial charge in [0.25, 0.3) is 0 Å². The minimum absolute atomic E-state index is 0.153. The number of aromatic hydroxyl groups is 1. The van der Waals surface area contributed by atoms with Crippen molar-refractivity contribution in [1.29, 1.82) is 0 Å². The van der Waals surface area contributed by atoms with Gasteiger partial charge in [-0.25, -0.2) is 4.79 Å². The number of carbonyl (C=O) groups is 1. The number of phenols is 1.